The monoisotopic (exact) mass is 302 g/mol. The number of nitrogens with zero attached hydrogens (tertiary/aromatic N) is 1. The van der Waals surface area contributed by atoms with Crippen LogP contribution in [0.5, 0.6) is 11.5 Å². The molecule has 3 rings (SSSR count). The molecule has 1 aromatic heterocycles. The van der Waals surface area contributed by atoms with Crippen molar-refractivity contribution in [3.63, 3.8) is 0 Å². The molecule has 2 heterocycles. The zero-order valence-corrected chi connectivity index (χ0v) is 12.5. The lowest BCUT2D eigenvalue weighted by molar-refractivity contribution is 0.138. The number of nitrogens with one attached hydrogen (secondary N) is 1. The van der Waals surface area contributed by atoms with E-state index in [9.17, 15) is 4.39 Å². The average Bonchev–Trinajstić information content (AvgIpc) is 3.07. The van der Waals surface area contributed by atoms with Gasteiger partial charge in [-0.15, -0.1) is 0 Å². The summed E-state index contributed by atoms with van der Waals surface area (Å²) in [5.74, 6) is 1.25. The van der Waals surface area contributed by atoms with Gasteiger partial charge in [0.15, 0.2) is 11.5 Å². The first-order chi connectivity index (χ1) is 10.8. The van der Waals surface area contributed by atoms with Crippen molar-refractivity contribution in [3.05, 3.63) is 54.1 Å². The van der Waals surface area contributed by atoms with E-state index in [1.807, 2.05) is 24.3 Å². The topological polar surface area (TPSA) is 43.4 Å². The maximum atomic E-state index is 13.5. The Balaban J connectivity index is 1.91. The summed E-state index contributed by atoms with van der Waals surface area (Å²) in [7, 11) is 1.61. The van der Waals surface area contributed by atoms with Crippen LogP contribution in [0, 0.1) is 11.7 Å². The minimum absolute atomic E-state index is 0.255. The van der Waals surface area contributed by atoms with E-state index in [0.717, 1.165) is 25.1 Å². The maximum absolute atomic E-state index is 13.5. The van der Waals surface area contributed by atoms with Crippen LogP contribution in [0.1, 0.15) is 18.1 Å². The molecule has 0 spiro atoms. The summed E-state index contributed by atoms with van der Waals surface area (Å²) < 4.78 is 25.1. The van der Waals surface area contributed by atoms with Crippen molar-refractivity contribution >= 4 is 0 Å². The molecule has 2 aromatic rings. The van der Waals surface area contributed by atoms with Crippen LogP contribution in [-0.4, -0.2) is 25.2 Å². The average molecular weight is 302 g/mol. The summed E-state index contributed by atoms with van der Waals surface area (Å²) in [5, 5.41) is 3.33. The number of methoxy groups -OCH3 is 1. The highest BCUT2D eigenvalue weighted by molar-refractivity contribution is 5.40. The van der Waals surface area contributed by atoms with Crippen LogP contribution in [0.4, 0.5) is 4.39 Å². The highest BCUT2D eigenvalue weighted by Gasteiger charge is 2.29. The van der Waals surface area contributed by atoms with E-state index in [2.05, 4.69) is 10.3 Å². The molecule has 0 bridgehead atoms. The van der Waals surface area contributed by atoms with E-state index < -0.39 is 0 Å². The quantitative estimate of drug-likeness (QED) is 0.922. The second-order valence-electron chi connectivity index (χ2n) is 5.38. The molecule has 0 aliphatic carbocycles. The number of ether oxygens (including phenoxy) is 2. The summed E-state index contributed by atoms with van der Waals surface area (Å²) in [6, 6.07) is 8.99. The molecule has 0 amide bonds. The molecule has 1 saturated heterocycles. The van der Waals surface area contributed by atoms with Gasteiger partial charge in [-0.3, -0.25) is 4.98 Å². The molecule has 0 radical (unpaired) electrons. The third kappa shape index (κ3) is 3.20. The lowest BCUT2D eigenvalue weighted by atomic mass is 9.96. The Morgan fingerprint density at radius 2 is 2.09 bits per heavy atom. The van der Waals surface area contributed by atoms with Crippen LogP contribution >= 0.6 is 0 Å². The van der Waals surface area contributed by atoms with E-state index in [0.29, 0.717) is 11.5 Å². The van der Waals surface area contributed by atoms with Crippen molar-refractivity contribution < 1.29 is 13.9 Å². The number of aromatic nitrogens is 1. The SMILES string of the molecule is COc1ccccc1O[C@H](c1cncc(F)c1)C1CCNC1. The molecule has 0 saturated carbocycles. The Labute approximate surface area is 129 Å². The molecule has 1 aromatic carbocycles. The third-order valence-electron chi connectivity index (χ3n) is 3.90. The molecule has 116 valence electrons. The van der Waals surface area contributed by atoms with Crippen molar-refractivity contribution in [3.8, 4) is 11.5 Å². The Morgan fingerprint density at radius 3 is 2.77 bits per heavy atom. The molecule has 1 aliphatic rings. The number of pyridine rings is 1. The van der Waals surface area contributed by atoms with Gasteiger partial charge in [0.2, 0.25) is 0 Å². The predicted molar refractivity (Wildman–Crippen MR) is 81.5 cm³/mol. The first kappa shape index (κ1) is 14.8. The second kappa shape index (κ2) is 6.75. The fourth-order valence-corrected chi connectivity index (χ4v) is 2.81. The standard InChI is InChI=1S/C17H19FN2O2/c1-21-15-4-2-3-5-16(15)22-17(12-6-7-19-9-12)13-8-14(18)11-20-10-13/h2-5,8,10-12,17,19H,6-7,9H2,1H3/t12?,17-/m0/s1. The summed E-state index contributed by atoms with van der Waals surface area (Å²) in [6.45, 7) is 1.79. The zero-order chi connectivity index (χ0) is 15.4. The van der Waals surface area contributed by atoms with E-state index in [-0.39, 0.29) is 17.8 Å². The Hall–Kier alpha value is -2.14. The van der Waals surface area contributed by atoms with Crippen LogP contribution < -0.4 is 14.8 Å². The van der Waals surface area contributed by atoms with Gasteiger partial charge in [0.05, 0.1) is 13.3 Å². The number of para-hydroxylation sites is 2. The van der Waals surface area contributed by atoms with E-state index >= 15 is 0 Å². The van der Waals surface area contributed by atoms with Crippen LogP contribution in [0.2, 0.25) is 0 Å². The lowest BCUT2D eigenvalue weighted by Crippen LogP contribution is -2.22. The Kier molecular flexibility index (Phi) is 4.53. The van der Waals surface area contributed by atoms with Crippen molar-refractivity contribution in [2.75, 3.05) is 20.2 Å². The van der Waals surface area contributed by atoms with Gasteiger partial charge in [0.1, 0.15) is 11.9 Å². The predicted octanol–water partition coefficient (Wildman–Crippen LogP) is 2.96. The molecule has 1 aliphatic heterocycles. The van der Waals surface area contributed by atoms with Gasteiger partial charge in [-0.1, -0.05) is 12.1 Å². The van der Waals surface area contributed by atoms with Gasteiger partial charge < -0.3 is 14.8 Å². The fraction of sp³-hybridized carbons (Fsp3) is 0.353. The molecule has 5 heteroatoms. The van der Waals surface area contributed by atoms with Crippen molar-refractivity contribution in [1.29, 1.82) is 0 Å². The zero-order valence-electron chi connectivity index (χ0n) is 12.5. The second-order valence-corrected chi connectivity index (χ2v) is 5.38. The number of hydrogen-bond donors (Lipinski definition) is 1. The lowest BCUT2D eigenvalue weighted by Gasteiger charge is -2.25. The van der Waals surface area contributed by atoms with Crippen LogP contribution in [0.25, 0.3) is 0 Å². The van der Waals surface area contributed by atoms with Gasteiger partial charge in [0, 0.05) is 24.2 Å². The number of halogens is 1. The third-order valence-corrected chi connectivity index (χ3v) is 3.90. The van der Waals surface area contributed by atoms with Crippen molar-refractivity contribution in [1.82, 2.24) is 10.3 Å². The van der Waals surface area contributed by atoms with Crippen LogP contribution in [0.3, 0.4) is 0 Å². The van der Waals surface area contributed by atoms with E-state index in [1.54, 1.807) is 13.3 Å². The first-order valence-electron chi connectivity index (χ1n) is 7.39. The summed E-state index contributed by atoms with van der Waals surface area (Å²) >= 11 is 0. The summed E-state index contributed by atoms with van der Waals surface area (Å²) in [4.78, 5) is 3.95. The normalized spacial score (nSPS) is 18.9. The first-order valence-corrected chi connectivity index (χ1v) is 7.39. The Morgan fingerprint density at radius 1 is 1.27 bits per heavy atom. The molecular formula is C17H19FN2O2. The smallest absolute Gasteiger partial charge is 0.162 e. The van der Waals surface area contributed by atoms with Crippen molar-refractivity contribution in [2.24, 2.45) is 5.92 Å². The van der Waals surface area contributed by atoms with Gasteiger partial charge >= 0.3 is 0 Å². The highest BCUT2D eigenvalue weighted by atomic mass is 19.1. The number of benzene rings is 1. The molecule has 1 unspecified atom stereocenters. The molecule has 1 fully saturated rings. The highest BCUT2D eigenvalue weighted by Crippen LogP contribution is 2.36. The maximum Gasteiger partial charge on any atom is 0.162 e. The molecule has 2 atom stereocenters. The molecule has 22 heavy (non-hydrogen) atoms. The largest absolute Gasteiger partial charge is 0.493 e. The number of rotatable bonds is 5. The van der Waals surface area contributed by atoms with E-state index in [4.69, 9.17) is 9.47 Å². The molecule has 1 N–H and O–H groups in total. The molecular weight excluding hydrogens is 283 g/mol. The van der Waals surface area contributed by atoms with E-state index in [1.165, 1.54) is 12.3 Å². The van der Waals surface area contributed by atoms with Crippen LogP contribution in [0.15, 0.2) is 42.7 Å². The van der Waals surface area contributed by atoms with Crippen molar-refractivity contribution in [2.45, 2.75) is 12.5 Å². The number of hydrogen-bond acceptors (Lipinski definition) is 4. The minimum atomic E-state index is -0.350. The van der Waals surface area contributed by atoms with Gasteiger partial charge in [-0.25, -0.2) is 4.39 Å². The van der Waals surface area contributed by atoms with Gasteiger partial charge in [-0.2, -0.15) is 0 Å². The summed E-state index contributed by atoms with van der Waals surface area (Å²) in [6.07, 6.45) is 3.60. The minimum Gasteiger partial charge on any atom is -0.493 e. The molecule has 4 nitrogen and oxygen atoms in total. The Bertz CT molecular complexity index is 630. The summed E-state index contributed by atoms with van der Waals surface area (Å²) in [5.41, 5.74) is 0.750. The fourth-order valence-electron chi connectivity index (χ4n) is 2.81. The van der Waals surface area contributed by atoms with Gasteiger partial charge in [-0.05, 0) is 31.2 Å². The van der Waals surface area contributed by atoms with Crippen LogP contribution in [-0.2, 0) is 0 Å². The van der Waals surface area contributed by atoms with Gasteiger partial charge in [0.25, 0.3) is 0 Å².